The van der Waals surface area contributed by atoms with Crippen molar-refractivity contribution in [3.8, 4) is 22.6 Å². The molecule has 1 N–H and O–H groups in total. The molecule has 0 unspecified atom stereocenters. The van der Waals surface area contributed by atoms with Crippen LogP contribution in [0.5, 0.6) is 0 Å². The summed E-state index contributed by atoms with van der Waals surface area (Å²) in [6.45, 7) is 4.39. The third kappa shape index (κ3) is 3.98. The Balaban J connectivity index is 1.63. The number of aliphatic hydroxyl groups is 1. The molecule has 3 rings (SSSR count). The minimum absolute atomic E-state index is 0.0168. The number of benzene rings is 1. The molecular weight excluding hydrogens is 300 g/mol. The van der Waals surface area contributed by atoms with Crippen LogP contribution in [0.4, 0.5) is 0 Å². The Morgan fingerprint density at radius 2 is 1.62 bits per heavy atom. The summed E-state index contributed by atoms with van der Waals surface area (Å²) in [5.41, 5.74) is 2.10. The minimum Gasteiger partial charge on any atom is -0.464 e. The molecule has 3 heteroatoms. The molecule has 126 valence electrons. The summed E-state index contributed by atoms with van der Waals surface area (Å²) in [7, 11) is 0. The van der Waals surface area contributed by atoms with Gasteiger partial charge in [0, 0.05) is 24.2 Å². The van der Waals surface area contributed by atoms with E-state index in [9.17, 15) is 5.11 Å². The van der Waals surface area contributed by atoms with Crippen LogP contribution in [0.15, 0.2) is 63.6 Å². The quantitative estimate of drug-likeness (QED) is 0.620. The first kappa shape index (κ1) is 16.6. The van der Waals surface area contributed by atoms with E-state index in [1.807, 2.05) is 36.4 Å². The van der Waals surface area contributed by atoms with Gasteiger partial charge in [-0.05, 0) is 42.5 Å². The highest BCUT2D eigenvalue weighted by Gasteiger charge is 2.16. The average molecular weight is 324 g/mol. The Morgan fingerprint density at radius 1 is 0.917 bits per heavy atom. The highest BCUT2D eigenvalue weighted by atomic mass is 16.3. The van der Waals surface area contributed by atoms with Gasteiger partial charge in [-0.15, -0.1) is 0 Å². The zero-order valence-electron chi connectivity index (χ0n) is 14.3. The molecule has 0 aliphatic carbocycles. The van der Waals surface area contributed by atoms with E-state index in [4.69, 9.17) is 8.83 Å². The van der Waals surface area contributed by atoms with E-state index in [-0.39, 0.29) is 12.0 Å². The van der Waals surface area contributed by atoms with E-state index in [0.717, 1.165) is 47.7 Å². The second-order valence-electron chi connectivity index (χ2n) is 7.00. The molecule has 3 nitrogen and oxygen atoms in total. The maximum absolute atomic E-state index is 9.30. The average Bonchev–Trinajstić information content (AvgIpc) is 3.27. The Bertz CT molecular complexity index is 749. The molecule has 2 heterocycles. The smallest absolute Gasteiger partial charge is 0.134 e. The van der Waals surface area contributed by atoms with E-state index >= 15 is 0 Å². The second-order valence-corrected chi connectivity index (χ2v) is 7.00. The molecule has 0 saturated carbocycles. The molecule has 3 aromatic rings. The van der Waals surface area contributed by atoms with Gasteiger partial charge in [-0.25, -0.2) is 0 Å². The fourth-order valence-electron chi connectivity index (χ4n) is 2.73. The van der Waals surface area contributed by atoms with Crippen molar-refractivity contribution in [2.75, 3.05) is 6.61 Å². The van der Waals surface area contributed by atoms with Crippen molar-refractivity contribution >= 4 is 0 Å². The van der Waals surface area contributed by atoms with Crippen molar-refractivity contribution in [1.29, 1.82) is 0 Å². The number of hydrogen-bond donors (Lipinski definition) is 1. The second kappa shape index (κ2) is 7.10. The standard InChI is InChI=1S/C21H24O3/c1-21(2,15-22)13-3-5-18-11-12-20(24-18)17-9-7-16(8-10-17)19-6-4-14-23-19/h4,6-12,14,22H,3,5,13,15H2,1-2H3. The van der Waals surface area contributed by atoms with Crippen LogP contribution in [-0.2, 0) is 6.42 Å². The molecule has 2 aromatic heterocycles. The van der Waals surface area contributed by atoms with Crippen molar-refractivity contribution in [3.05, 3.63) is 60.6 Å². The third-order valence-corrected chi connectivity index (χ3v) is 4.34. The van der Waals surface area contributed by atoms with E-state index in [0.29, 0.717) is 0 Å². The molecule has 0 aliphatic heterocycles. The molecule has 0 amide bonds. The lowest BCUT2D eigenvalue weighted by Crippen LogP contribution is -2.16. The van der Waals surface area contributed by atoms with Gasteiger partial charge in [0.1, 0.15) is 17.3 Å². The maximum atomic E-state index is 9.30. The van der Waals surface area contributed by atoms with Crippen LogP contribution in [0.25, 0.3) is 22.6 Å². The van der Waals surface area contributed by atoms with Crippen molar-refractivity contribution in [2.24, 2.45) is 5.41 Å². The van der Waals surface area contributed by atoms with Gasteiger partial charge in [0.05, 0.1) is 6.26 Å². The van der Waals surface area contributed by atoms with E-state index in [2.05, 4.69) is 26.0 Å². The molecule has 0 saturated heterocycles. The Kier molecular flexibility index (Phi) is 4.91. The van der Waals surface area contributed by atoms with Crippen LogP contribution in [0.2, 0.25) is 0 Å². The predicted octanol–water partition coefficient (Wildman–Crippen LogP) is 5.55. The summed E-state index contributed by atoms with van der Waals surface area (Å²) < 4.78 is 11.4. The van der Waals surface area contributed by atoms with Crippen LogP contribution in [0.3, 0.4) is 0 Å². The topological polar surface area (TPSA) is 46.5 Å². The molecule has 0 bridgehead atoms. The van der Waals surface area contributed by atoms with Gasteiger partial charge in [-0.2, -0.15) is 0 Å². The summed E-state index contributed by atoms with van der Waals surface area (Å²) in [6, 6.07) is 16.1. The van der Waals surface area contributed by atoms with Crippen molar-refractivity contribution in [2.45, 2.75) is 33.1 Å². The van der Waals surface area contributed by atoms with Crippen molar-refractivity contribution in [3.63, 3.8) is 0 Å². The van der Waals surface area contributed by atoms with E-state index in [1.165, 1.54) is 0 Å². The number of furan rings is 2. The summed E-state index contributed by atoms with van der Waals surface area (Å²) in [5, 5.41) is 9.30. The lowest BCUT2D eigenvalue weighted by molar-refractivity contribution is 0.147. The largest absolute Gasteiger partial charge is 0.464 e. The Hall–Kier alpha value is -2.26. The van der Waals surface area contributed by atoms with Gasteiger partial charge in [0.2, 0.25) is 0 Å². The maximum Gasteiger partial charge on any atom is 0.134 e. The number of rotatable bonds is 7. The Morgan fingerprint density at radius 3 is 2.25 bits per heavy atom. The zero-order valence-corrected chi connectivity index (χ0v) is 14.3. The van der Waals surface area contributed by atoms with E-state index < -0.39 is 0 Å². The van der Waals surface area contributed by atoms with Gasteiger partial charge in [-0.3, -0.25) is 0 Å². The van der Waals surface area contributed by atoms with Crippen LogP contribution in [0, 0.1) is 5.41 Å². The van der Waals surface area contributed by atoms with Crippen molar-refractivity contribution in [1.82, 2.24) is 0 Å². The lowest BCUT2D eigenvalue weighted by Gasteiger charge is -2.20. The summed E-state index contributed by atoms with van der Waals surface area (Å²) in [4.78, 5) is 0. The number of hydrogen-bond acceptors (Lipinski definition) is 3. The lowest BCUT2D eigenvalue weighted by atomic mass is 9.88. The monoisotopic (exact) mass is 324 g/mol. The first-order valence-electron chi connectivity index (χ1n) is 8.41. The fraction of sp³-hybridized carbons (Fsp3) is 0.333. The molecule has 0 radical (unpaired) electrons. The summed E-state index contributed by atoms with van der Waals surface area (Å²) in [6.07, 6.45) is 4.57. The highest BCUT2D eigenvalue weighted by molar-refractivity contribution is 5.65. The highest BCUT2D eigenvalue weighted by Crippen LogP contribution is 2.28. The molecule has 1 aromatic carbocycles. The molecule has 24 heavy (non-hydrogen) atoms. The molecule has 0 fully saturated rings. The SMILES string of the molecule is CC(C)(CO)CCCc1ccc(-c2ccc(-c3ccco3)cc2)o1. The van der Waals surface area contributed by atoms with Crippen LogP contribution in [0.1, 0.15) is 32.4 Å². The molecule has 0 atom stereocenters. The zero-order chi connectivity index (χ0) is 17.0. The first-order valence-corrected chi connectivity index (χ1v) is 8.41. The van der Waals surface area contributed by atoms with Gasteiger partial charge in [-0.1, -0.05) is 38.1 Å². The summed E-state index contributed by atoms with van der Waals surface area (Å²) in [5.74, 6) is 2.75. The van der Waals surface area contributed by atoms with Gasteiger partial charge < -0.3 is 13.9 Å². The fourth-order valence-corrected chi connectivity index (χ4v) is 2.73. The van der Waals surface area contributed by atoms with Crippen LogP contribution in [-0.4, -0.2) is 11.7 Å². The number of aryl methyl sites for hydroxylation is 1. The Labute approximate surface area is 142 Å². The predicted molar refractivity (Wildman–Crippen MR) is 95.7 cm³/mol. The minimum atomic E-state index is -0.0168. The molecular formula is C21H24O3. The van der Waals surface area contributed by atoms with Crippen LogP contribution >= 0.6 is 0 Å². The molecule has 0 spiro atoms. The van der Waals surface area contributed by atoms with Crippen molar-refractivity contribution < 1.29 is 13.9 Å². The van der Waals surface area contributed by atoms with Gasteiger partial charge in [0.25, 0.3) is 0 Å². The summed E-state index contributed by atoms with van der Waals surface area (Å²) >= 11 is 0. The first-order chi connectivity index (χ1) is 11.6. The van der Waals surface area contributed by atoms with Crippen LogP contribution < -0.4 is 0 Å². The normalized spacial score (nSPS) is 11.8. The van der Waals surface area contributed by atoms with Gasteiger partial charge >= 0.3 is 0 Å². The van der Waals surface area contributed by atoms with Gasteiger partial charge in [0.15, 0.2) is 0 Å². The number of aliphatic hydroxyl groups excluding tert-OH is 1. The molecule has 0 aliphatic rings. The van der Waals surface area contributed by atoms with E-state index in [1.54, 1.807) is 6.26 Å². The third-order valence-electron chi connectivity index (χ3n) is 4.34.